The van der Waals surface area contributed by atoms with Crippen LogP contribution in [0.25, 0.3) is 0 Å². The van der Waals surface area contributed by atoms with Crippen LogP contribution in [0.5, 0.6) is 0 Å². The molecule has 0 atom stereocenters. The Kier molecular flexibility index (Phi) is 4.55. The highest BCUT2D eigenvalue weighted by Crippen LogP contribution is 2.10. The van der Waals surface area contributed by atoms with Gasteiger partial charge in [0, 0.05) is 12.7 Å². The van der Waals surface area contributed by atoms with Gasteiger partial charge in [0.15, 0.2) is 0 Å². The lowest BCUT2D eigenvalue weighted by molar-refractivity contribution is 0.217. The number of thioether (sulfide) groups is 1. The van der Waals surface area contributed by atoms with Gasteiger partial charge < -0.3 is 5.32 Å². The van der Waals surface area contributed by atoms with E-state index in [0.717, 1.165) is 16.7 Å². The first-order valence-corrected chi connectivity index (χ1v) is 5.93. The molecule has 0 aromatic heterocycles. The van der Waals surface area contributed by atoms with E-state index in [1.807, 2.05) is 6.07 Å². The molecule has 3 amide bonds. The van der Waals surface area contributed by atoms with E-state index in [0.29, 0.717) is 11.3 Å². The smallest absolute Gasteiger partial charge is 0.307 e. The van der Waals surface area contributed by atoms with Gasteiger partial charge in [0.2, 0.25) is 0 Å². The number of carbonyl (C=O) groups excluding carboxylic acids is 2. The van der Waals surface area contributed by atoms with Crippen molar-refractivity contribution in [2.45, 2.75) is 0 Å². The Labute approximate surface area is 103 Å². The Morgan fingerprint density at radius 3 is 2.41 bits per heavy atom. The molecule has 17 heavy (non-hydrogen) atoms. The fourth-order valence-corrected chi connectivity index (χ4v) is 1.41. The van der Waals surface area contributed by atoms with Crippen LogP contribution in [0, 0.1) is 11.3 Å². The van der Waals surface area contributed by atoms with E-state index in [2.05, 4.69) is 5.32 Å². The number of nitrogens with zero attached hydrogens (tertiary/aromatic N) is 2. The van der Waals surface area contributed by atoms with Crippen LogP contribution in [0.15, 0.2) is 24.3 Å². The molecular formula is C11H11N3O2S. The zero-order valence-corrected chi connectivity index (χ0v) is 10.2. The van der Waals surface area contributed by atoms with Crippen LogP contribution in [0.4, 0.5) is 15.3 Å². The highest BCUT2D eigenvalue weighted by molar-refractivity contribution is 8.12. The van der Waals surface area contributed by atoms with Crippen molar-refractivity contribution in [3.05, 3.63) is 29.8 Å². The van der Waals surface area contributed by atoms with Crippen LogP contribution in [-0.2, 0) is 0 Å². The van der Waals surface area contributed by atoms with Gasteiger partial charge in [-0.05, 0) is 30.5 Å². The molecule has 0 aliphatic carbocycles. The predicted molar refractivity (Wildman–Crippen MR) is 66.8 cm³/mol. The maximum atomic E-state index is 11.6. The van der Waals surface area contributed by atoms with Gasteiger partial charge in [-0.25, -0.2) is 4.79 Å². The normalized spacial score (nSPS) is 9.24. The van der Waals surface area contributed by atoms with Crippen LogP contribution in [0.3, 0.4) is 0 Å². The molecule has 88 valence electrons. The van der Waals surface area contributed by atoms with Gasteiger partial charge >= 0.3 is 6.03 Å². The summed E-state index contributed by atoms with van der Waals surface area (Å²) in [5.74, 6) is 0. The third-order valence-corrected chi connectivity index (χ3v) is 2.64. The summed E-state index contributed by atoms with van der Waals surface area (Å²) < 4.78 is 0. The van der Waals surface area contributed by atoms with E-state index < -0.39 is 6.03 Å². The molecule has 0 fully saturated rings. The molecule has 0 saturated carbocycles. The second-order valence-corrected chi connectivity index (χ2v) is 3.91. The Bertz CT molecular complexity index is 465. The summed E-state index contributed by atoms with van der Waals surface area (Å²) in [7, 11) is 1.40. The van der Waals surface area contributed by atoms with Crippen molar-refractivity contribution in [2.24, 2.45) is 0 Å². The van der Waals surface area contributed by atoms with Crippen LogP contribution >= 0.6 is 11.8 Å². The summed E-state index contributed by atoms with van der Waals surface area (Å²) >= 11 is 0.961. The van der Waals surface area contributed by atoms with Gasteiger partial charge in [-0.3, -0.25) is 9.69 Å². The predicted octanol–water partition coefficient (Wildman–Crippen LogP) is 2.50. The second kappa shape index (κ2) is 5.92. The van der Waals surface area contributed by atoms with Crippen molar-refractivity contribution >= 4 is 28.7 Å². The topological polar surface area (TPSA) is 73.2 Å². The van der Waals surface area contributed by atoms with E-state index in [1.54, 1.807) is 30.5 Å². The molecule has 1 aromatic rings. The van der Waals surface area contributed by atoms with E-state index >= 15 is 0 Å². The summed E-state index contributed by atoms with van der Waals surface area (Å²) in [6.07, 6.45) is 1.60. The third-order valence-electron chi connectivity index (χ3n) is 2.02. The molecule has 0 unspecified atom stereocenters. The summed E-state index contributed by atoms with van der Waals surface area (Å²) in [5, 5.41) is 10.8. The molecule has 0 aliphatic rings. The molecule has 0 aliphatic heterocycles. The molecule has 6 heteroatoms. The number of nitriles is 1. The summed E-state index contributed by atoms with van der Waals surface area (Å²) in [6, 6.07) is 7.86. The Balaban J connectivity index is 2.68. The third kappa shape index (κ3) is 3.50. The summed E-state index contributed by atoms with van der Waals surface area (Å²) in [6.45, 7) is 0. The van der Waals surface area contributed by atoms with Crippen molar-refractivity contribution in [3.8, 4) is 6.07 Å². The Morgan fingerprint density at radius 2 is 1.94 bits per heavy atom. The van der Waals surface area contributed by atoms with Crippen LogP contribution in [-0.4, -0.2) is 29.5 Å². The van der Waals surface area contributed by atoms with Gasteiger partial charge in [-0.2, -0.15) is 5.26 Å². The quantitative estimate of drug-likeness (QED) is 0.829. The first-order chi connectivity index (χ1) is 8.08. The zero-order chi connectivity index (χ0) is 12.8. The van der Waals surface area contributed by atoms with Gasteiger partial charge in [-0.1, -0.05) is 11.8 Å². The Hall–Kier alpha value is -2.00. The number of imide groups is 1. The van der Waals surface area contributed by atoms with E-state index in [-0.39, 0.29) is 5.24 Å². The molecule has 0 spiro atoms. The highest BCUT2D eigenvalue weighted by Gasteiger charge is 2.15. The lowest BCUT2D eigenvalue weighted by atomic mass is 10.2. The second-order valence-electron chi connectivity index (χ2n) is 3.15. The molecule has 5 nitrogen and oxygen atoms in total. The molecule has 0 radical (unpaired) electrons. The SMILES string of the molecule is CSC(=O)N(C)C(=O)Nc1ccc(C#N)cc1. The largest absolute Gasteiger partial charge is 0.328 e. The van der Waals surface area contributed by atoms with Gasteiger partial charge in [-0.15, -0.1) is 0 Å². The number of anilines is 1. The lowest BCUT2D eigenvalue weighted by Gasteiger charge is -2.14. The number of rotatable bonds is 1. The van der Waals surface area contributed by atoms with Crippen molar-refractivity contribution in [3.63, 3.8) is 0 Å². The molecule has 1 aromatic carbocycles. The minimum Gasteiger partial charge on any atom is -0.307 e. The molecule has 1 rings (SSSR count). The number of urea groups is 1. The van der Waals surface area contributed by atoms with Crippen molar-refractivity contribution < 1.29 is 9.59 Å². The maximum Gasteiger partial charge on any atom is 0.328 e. The van der Waals surface area contributed by atoms with Crippen molar-refractivity contribution in [2.75, 3.05) is 18.6 Å². The number of benzene rings is 1. The maximum absolute atomic E-state index is 11.6. The van der Waals surface area contributed by atoms with Crippen molar-refractivity contribution in [1.82, 2.24) is 4.90 Å². The summed E-state index contributed by atoms with van der Waals surface area (Å²) in [4.78, 5) is 23.8. The number of carbonyl (C=O) groups is 2. The molecule has 1 N–H and O–H groups in total. The molecule has 0 heterocycles. The fourth-order valence-electron chi connectivity index (χ4n) is 1.06. The van der Waals surface area contributed by atoms with Crippen LogP contribution < -0.4 is 5.32 Å². The number of amides is 3. The first kappa shape index (κ1) is 13.1. The minimum atomic E-state index is -0.506. The lowest BCUT2D eigenvalue weighted by Crippen LogP contribution is -2.34. The van der Waals surface area contributed by atoms with E-state index in [1.165, 1.54) is 7.05 Å². The Morgan fingerprint density at radius 1 is 1.35 bits per heavy atom. The minimum absolute atomic E-state index is 0.337. The number of hydrogen-bond donors (Lipinski definition) is 1. The number of hydrogen-bond acceptors (Lipinski definition) is 4. The monoisotopic (exact) mass is 249 g/mol. The van der Waals surface area contributed by atoms with Crippen LogP contribution in [0.2, 0.25) is 0 Å². The van der Waals surface area contributed by atoms with Crippen molar-refractivity contribution in [1.29, 1.82) is 5.26 Å². The van der Waals surface area contributed by atoms with Gasteiger partial charge in [0.25, 0.3) is 5.24 Å². The number of nitrogens with one attached hydrogen (secondary N) is 1. The van der Waals surface area contributed by atoms with E-state index in [4.69, 9.17) is 5.26 Å². The standard InChI is InChI=1S/C11H11N3O2S/c1-14(11(16)17-2)10(15)13-9-5-3-8(7-12)4-6-9/h3-6H,1-2H3,(H,13,15). The highest BCUT2D eigenvalue weighted by atomic mass is 32.2. The van der Waals surface area contributed by atoms with Crippen LogP contribution in [0.1, 0.15) is 5.56 Å². The first-order valence-electron chi connectivity index (χ1n) is 4.71. The summed E-state index contributed by atoms with van der Waals surface area (Å²) in [5.41, 5.74) is 1.05. The fraction of sp³-hybridized carbons (Fsp3) is 0.182. The molecular weight excluding hydrogens is 238 g/mol. The average Bonchev–Trinajstić information content (AvgIpc) is 2.37. The zero-order valence-electron chi connectivity index (χ0n) is 9.43. The van der Waals surface area contributed by atoms with Gasteiger partial charge in [0.05, 0.1) is 11.6 Å². The van der Waals surface area contributed by atoms with Gasteiger partial charge in [0.1, 0.15) is 0 Å². The van der Waals surface area contributed by atoms with E-state index in [9.17, 15) is 9.59 Å². The molecule has 0 bridgehead atoms. The average molecular weight is 249 g/mol. The molecule has 0 saturated heterocycles.